The standard InChI is InChI=1S/C17H21IO3/c1-20-15(19)17-9-6-16(7-10-17,8-11-17)12-21-14-5-3-2-4-13(14)18/h2-5H,6-12H2,1H3. The van der Waals surface area contributed by atoms with E-state index in [4.69, 9.17) is 9.47 Å². The first-order valence-corrected chi connectivity index (χ1v) is 8.63. The molecular weight excluding hydrogens is 379 g/mol. The number of hydrogen-bond acceptors (Lipinski definition) is 3. The number of halogens is 1. The summed E-state index contributed by atoms with van der Waals surface area (Å²) < 4.78 is 12.3. The van der Waals surface area contributed by atoms with Crippen LogP contribution in [0.4, 0.5) is 0 Å². The van der Waals surface area contributed by atoms with Gasteiger partial charge in [-0.25, -0.2) is 0 Å². The SMILES string of the molecule is COC(=O)C12CCC(COc3ccccc3I)(CC1)CC2. The highest BCUT2D eigenvalue weighted by Crippen LogP contribution is 2.57. The van der Waals surface area contributed by atoms with E-state index >= 15 is 0 Å². The highest BCUT2D eigenvalue weighted by atomic mass is 127. The molecule has 3 fully saturated rings. The van der Waals surface area contributed by atoms with Crippen LogP contribution in [-0.2, 0) is 9.53 Å². The van der Waals surface area contributed by atoms with Gasteiger partial charge in [-0.15, -0.1) is 0 Å². The zero-order chi connectivity index (χ0) is 14.9. The molecule has 0 unspecified atom stereocenters. The molecule has 3 saturated carbocycles. The van der Waals surface area contributed by atoms with Gasteiger partial charge in [0.05, 0.1) is 22.7 Å². The minimum absolute atomic E-state index is 0.00525. The number of ether oxygens (including phenoxy) is 2. The van der Waals surface area contributed by atoms with Gasteiger partial charge in [0.2, 0.25) is 0 Å². The largest absolute Gasteiger partial charge is 0.492 e. The Morgan fingerprint density at radius 1 is 1.14 bits per heavy atom. The molecule has 3 aliphatic rings. The van der Waals surface area contributed by atoms with Gasteiger partial charge in [0.25, 0.3) is 0 Å². The first-order chi connectivity index (χ1) is 10.1. The maximum Gasteiger partial charge on any atom is 0.311 e. The predicted molar refractivity (Wildman–Crippen MR) is 89.2 cm³/mol. The van der Waals surface area contributed by atoms with Gasteiger partial charge in [0.1, 0.15) is 5.75 Å². The summed E-state index contributed by atoms with van der Waals surface area (Å²) in [5.41, 5.74) is 0.0619. The summed E-state index contributed by atoms with van der Waals surface area (Å²) in [7, 11) is 1.51. The third-order valence-corrected chi connectivity index (χ3v) is 6.28. The second kappa shape index (κ2) is 5.78. The molecule has 0 N–H and O–H groups in total. The van der Waals surface area contributed by atoms with Crippen LogP contribution in [0.2, 0.25) is 0 Å². The van der Waals surface area contributed by atoms with Crippen molar-refractivity contribution in [3.8, 4) is 5.75 Å². The van der Waals surface area contributed by atoms with Crippen LogP contribution in [0.3, 0.4) is 0 Å². The van der Waals surface area contributed by atoms with Crippen LogP contribution in [0.1, 0.15) is 38.5 Å². The lowest BCUT2D eigenvalue weighted by Crippen LogP contribution is -2.48. The minimum atomic E-state index is -0.197. The van der Waals surface area contributed by atoms with Crippen LogP contribution < -0.4 is 4.74 Å². The molecule has 4 rings (SSSR count). The Hall–Kier alpha value is -0.780. The van der Waals surface area contributed by atoms with Crippen LogP contribution in [0.5, 0.6) is 5.75 Å². The van der Waals surface area contributed by atoms with Crippen LogP contribution in [0.25, 0.3) is 0 Å². The van der Waals surface area contributed by atoms with Gasteiger partial charge in [-0.3, -0.25) is 4.79 Å². The van der Waals surface area contributed by atoms with Gasteiger partial charge in [-0.1, -0.05) is 12.1 Å². The Bertz CT molecular complexity index is 516. The lowest BCUT2D eigenvalue weighted by molar-refractivity contribution is -0.163. The number of carbonyl (C=O) groups is 1. The van der Waals surface area contributed by atoms with Gasteiger partial charge in [-0.2, -0.15) is 0 Å². The molecule has 2 bridgehead atoms. The molecule has 114 valence electrons. The lowest BCUT2D eigenvalue weighted by Gasteiger charge is -2.51. The van der Waals surface area contributed by atoms with Gasteiger partial charge < -0.3 is 9.47 Å². The van der Waals surface area contributed by atoms with E-state index < -0.39 is 0 Å². The maximum atomic E-state index is 12.0. The molecule has 0 atom stereocenters. The first kappa shape index (κ1) is 15.1. The van der Waals surface area contributed by atoms with Crippen LogP contribution >= 0.6 is 22.6 Å². The molecule has 0 aliphatic heterocycles. The number of esters is 1. The van der Waals surface area contributed by atoms with E-state index in [0.717, 1.165) is 54.5 Å². The van der Waals surface area contributed by atoms with Gasteiger partial charge in [0, 0.05) is 5.41 Å². The Kier molecular flexibility index (Phi) is 4.17. The smallest absolute Gasteiger partial charge is 0.311 e. The van der Waals surface area contributed by atoms with Crippen molar-refractivity contribution in [2.45, 2.75) is 38.5 Å². The maximum absolute atomic E-state index is 12.0. The summed E-state index contributed by atoms with van der Waals surface area (Å²) in [6, 6.07) is 8.14. The second-order valence-corrected chi connectivity index (χ2v) is 7.65. The Morgan fingerprint density at radius 3 is 2.33 bits per heavy atom. The zero-order valence-corrected chi connectivity index (χ0v) is 14.5. The number of methoxy groups -OCH3 is 1. The molecule has 0 saturated heterocycles. The number of hydrogen-bond donors (Lipinski definition) is 0. The number of carbonyl (C=O) groups excluding carboxylic acids is 1. The quantitative estimate of drug-likeness (QED) is 0.562. The van der Waals surface area contributed by atoms with Gasteiger partial charge >= 0.3 is 5.97 Å². The van der Waals surface area contributed by atoms with Crippen LogP contribution in [0, 0.1) is 14.4 Å². The zero-order valence-electron chi connectivity index (χ0n) is 12.4. The van der Waals surface area contributed by atoms with Crippen molar-refractivity contribution in [1.82, 2.24) is 0 Å². The fraction of sp³-hybridized carbons (Fsp3) is 0.588. The summed E-state index contributed by atoms with van der Waals surface area (Å²) in [6.07, 6.45) is 6.08. The number of benzene rings is 1. The second-order valence-electron chi connectivity index (χ2n) is 6.49. The molecular formula is C17H21IO3. The molecule has 3 nitrogen and oxygen atoms in total. The molecule has 0 spiro atoms. The van der Waals surface area contributed by atoms with Crippen molar-refractivity contribution in [2.24, 2.45) is 10.8 Å². The molecule has 1 aromatic rings. The molecule has 3 aliphatic carbocycles. The van der Waals surface area contributed by atoms with Crippen LogP contribution in [-0.4, -0.2) is 19.7 Å². The van der Waals surface area contributed by atoms with Crippen molar-refractivity contribution in [3.05, 3.63) is 27.8 Å². The Balaban J connectivity index is 1.64. The van der Waals surface area contributed by atoms with E-state index in [9.17, 15) is 4.79 Å². The van der Waals surface area contributed by atoms with E-state index in [1.807, 2.05) is 18.2 Å². The first-order valence-electron chi connectivity index (χ1n) is 7.55. The summed E-state index contributed by atoms with van der Waals surface area (Å²) in [6.45, 7) is 0.768. The minimum Gasteiger partial charge on any atom is -0.492 e. The Labute approximate surface area is 139 Å². The monoisotopic (exact) mass is 400 g/mol. The number of rotatable bonds is 4. The van der Waals surface area contributed by atoms with E-state index in [1.165, 1.54) is 7.11 Å². The highest BCUT2D eigenvalue weighted by Gasteiger charge is 2.53. The summed E-state index contributed by atoms with van der Waals surface area (Å²) in [5, 5.41) is 0. The van der Waals surface area contributed by atoms with Gasteiger partial charge in [-0.05, 0) is 73.2 Å². The number of fused-ring (bicyclic) bond motifs is 3. The molecule has 4 heteroatoms. The van der Waals surface area contributed by atoms with Crippen LogP contribution in [0.15, 0.2) is 24.3 Å². The summed E-state index contributed by atoms with van der Waals surface area (Å²) in [5.74, 6) is 0.970. The topological polar surface area (TPSA) is 35.5 Å². The fourth-order valence-electron chi connectivity index (χ4n) is 3.80. The fourth-order valence-corrected chi connectivity index (χ4v) is 4.34. The van der Waals surface area contributed by atoms with E-state index in [0.29, 0.717) is 0 Å². The van der Waals surface area contributed by atoms with Gasteiger partial charge in [0.15, 0.2) is 0 Å². The molecule has 21 heavy (non-hydrogen) atoms. The third kappa shape index (κ3) is 2.79. The van der Waals surface area contributed by atoms with E-state index in [1.54, 1.807) is 0 Å². The molecule has 0 heterocycles. The Morgan fingerprint density at radius 2 is 1.76 bits per heavy atom. The van der Waals surface area contributed by atoms with Crippen molar-refractivity contribution in [3.63, 3.8) is 0 Å². The summed E-state index contributed by atoms with van der Waals surface area (Å²) in [4.78, 5) is 12.0. The van der Waals surface area contributed by atoms with Crippen molar-refractivity contribution in [2.75, 3.05) is 13.7 Å². The molecule has 0 amide bonds. The number of para-hydroxylation sites is 1. The highest BCUT2D eigenvalue weighted by molar-refractivity contribution is 14.1. The average molecular weight is 400 g/mol. The van der Waals surface area contributed by atoms with E-state index in [2.05, 4.69) is 28.7 Å². The summed E-state index contributed by atoms with van der Waals surface area (Å²) >= 11 is 2.31. The lowest BCUT2D eigenvalue weighted by atomic mass is 9.54. The van der Waals surface area contributed by atoms with Crippen molar-refractivity contribution in [1.29, 1.82) is 0 Å². The average Bonchev–Trinajstić information content (AvgIpc) is 2.55. The third-order valence-electron chi connectivity index (χ3n) is 5.39. The van der Waals surface area contributed by atoms with Crippen molar-refractivity contribution >= 4 is 28.6 Å². The van der Waals surface area contributed by atoms with Crippen molar-refractivity contribution < 1.29 is 14.3 Å². The van der Waals surface area contributed by atoms with E-state index in [-0.39, 0.29) is 16.8 Å². The molecule has 0 aromatic heterocycles. The molecule has 1 aromatic carbocycles. The normalized spacial score (nSPS) is 31.0. The predicted octanol–water partition coefficient (Wildman–Crippen LogP) is 4.18. The molecule has 0 radical (unpaired) electrons.